The molecule has 0 radical (unpaired) electrons. The summed E-state index contributed by atoms with van der Waals surface area (Å²) in [5.74, 6) is 0.149. The van der Waals surface area contributed by atoms with Crippen LogP contribution < -0.4 is 5.73 Å². The van der Waals surface area contributed by atoms with Crippen LogP contribution in [0.1, 0.15) is 37.0 Å². The monoisotopic (exact) mass is 262 g/mol. The number of carbonyl (C=O) groups excluding carboxylic acids is 1. The highest BCUT2D eigenvalue weighted by molar-refractivity contribution is 5.76. The summed E-state index contributed by atoms with van der Waals surface area (Å²) < 4.78 is 0. The van der Waals surface area contributed by atoms with Gasteiger partial charge < -0.3 is 10.6 Å². The molecule has 0 saturated heterocycles. The minimum Gasteiger partial charge on any atom is -0.341 e. The molecule has 0 aliphatic heterocycles. The predicted molar refractivity (Wildman–Crippen MR) is 79.8 cm³/mol. The molecular weight excluding hydrogens is 236 g/mol. The average Bonchev–Trinajstić information content (AvgIpc) is 2.32. The molecule has 0 aliphatic carbocycles. The summed E-state index contributed by atoms with van der Waals surface area (Å²) in [4.78, 5) is 14.0. The van der Waals surface area contributed by atoms with Crippen molar-refractivity contribution in [1.29, 1.82) is 0 Å². The lowest BCUT2D eigenvalue weighted by Gasteiger charge is -2.26. The van der Waals surface area contributed by atoms with Crippen LogP contribution in [0.15, 0.2) is 18.2 Å². The van der Waals surface area contributed by atoms with Gasteiger partial charge in [0.1, 0.15) is 0 Å². The lowest BCUT2D eigenvalue weighted by Crippen LogP contribution is -2.34. The van der Waals surface area contributed by atoms with Crippen molar-refractivity contribution in [3.05, 3.63) is 34.9 Å². The van der Waals surface area contributed by atoms with Gasteiger partial charge in [-0.25, -0.2) is 0 Å². The molecule has 0 bridgehead atoms. The first-order valence-corrected chi connectivity index (χ1v) is 6.75. The van der Waals surface area contributed by atoms with E-state index in [0.29, 0.717) is 19.5 Å². The van der Waals surface area contributed by atoms with Gasteiger partial charge in [0.15, 0.2) is 0 Å². The summed E-state index contributed by atoms with van der Waals surface area (Å²) in [6, 6.07) is 6.34. The molecule has 0 fully saturated rings. The summed E-state index contributed by atoms with van der Waals surface area (Å²) in [7, 11) is 1.86. The van der Waals surface area contributed by atoms with Crippen molar-refractivity contribution in [2.24, 2.45) is 11.1 Å². The molecule has 0 spiro atoms. The van der Waals surface area contributed by atoms with Crippen LogP contribution in [0.4, 0.5) is 0 Å². The molecule has 1 rings (SSSR count). The lowest BCUT2D eigenvalue weighted by molar-refractivity contribution is -0.132. The Morgan fingerprint density at radius 3 is 2.47 bits per heavy atom. The second-order valence-electron chi connectivity index (χ2n) is 6.22. The third kappa shape index (κ3) is 4.67. The first kappa shape index (κ1) is 15.7. The fraction of sp³-hybridized carbons (Fsp3) is 0.562. The van der Waals surface area contributed by atoms with E-state index in [-0.39, 0.29) is 11.3 Å². The Hall–Kier alpha value is -1.35. The fourth-order valence-electron chi connectivity index (χ4n) is 1.98. The minimum absolute atomic E-state index is 0.131. The van der Waals surface area contributed by atoms with E-state index in [4.69, 9.17) is 5.73 Å². The van der Waals surface area contributed by atoms with Crippen molar-refractivity contribution < 1.29 is 4.79 Å². The predicted octanol–water partition coefficient (Wildman–Crippen LogP) is 2.64. The van der Waals surface area contributed by atoms with Crippen molar-refractivity contribution in [2.75, 3.05) is 13.6 Å². The van der Waals surface area contributed by atoms with Crippen molar-refractivity contribution >= 4 is 5.91 Å². The zero-order chi connectivity index (χ0) is 14.6. The third-order valence-electron chi connectivity index (χ3n) is 3.51. The molecule has 0 saturated carbocycles. The number of hydrogen-bond acceptors (Lipinski definition) is 2. The van der Waals surface area contributed by atoms with Crippen molar-refractivity contribution in [3.8, 4) is 0 Å². The quantitative estimate of drug-likeness (QED) is 0.886. The molecule has 1 aromatic carbocycles. The molecule has 0 aromatic heterocycles. The molecule has 0 atom stereocenters. The van der Waals surface area contributed by atoms with Crippen LogP contribution >= 0.6 is 0 Å². The van der Waals surface area contributed by atoms with Gasteiger partial charge in [-0.1, -0.05) is 37.6 Å². The summed E-state index contributed by atoms with van der Waals surface area (Å²) >= 11 is 0. The first-order chi connectivity index (χ1) is 8.75. The standard InChI is InChI=1S/C16H26N2O/c1-12-6-7-14(13(2)8-12)10-18(5)15(19)9-16(3,4)11-17/h6-8H,9-11,17H2,1-5H3. The highest BCUT2D eigenvalue weighted by Crippen LogP contribution is 2.20. The van der Waals surface area contributed by atoms with Gasteiger partial charge in [0.2, 0.25) is 5.91 Å². The smallest absolute Gasteiger partial charge is 0.223 e. The van der Waals surface area contributed by atoms with E-state index in [1.54, 1.807) is 4.90 Å². The van der Waals surface area contributed by atoms with Gasteiger partial charge in [-0.2, -0.15) is 0 Å². The number of aryl methyl sites for hydroxylation is 2. The summed E-state index contributed by atoms with van der Waals surface area (Å²) in [5, 5.41) is 0. The summed E-state index contributed by atoms with van der Waals surface area (Å²) in [6.45, 7) is 9.40. The van der Waals surface area contributed by atoms with Crippen molar-refractivity contribution in [1.82, 2.24) is 4.90 Å². The molecule has 0 heterocycles. The van der Waals surface area contributed by atoms with Crippen LogP contribution in [-0.4, -0.2) is 24.4 Å². The molecule has 1 aromatic rings. The molecule has 2 N–H and O–H groups in total. The van der Waals surface area contributed by atoms with Crippen LogP contribution in [0.3, 0.4) is 0 Å². The maximum absolute atomic E-state index is 12.2. The highest BCUT2D eigenvalue weighted by atomic mass is 16.2. The van der Waals surface area contributed by atoms with Crippen LogP contribution in [-0.2, 0) is 11.3 Å². The highest BCUT2D eigenvalue weighted by Gasteiger charge is 2.22. The van der Waals surface area contributed by atoms with Gasteiger partial charge >= 0.3 is 0 Å². The number of benzene rings is 1. The Morgan fingerprint density at radius 2 is 1.95 bits per heavy atom. The Balaban J connectivity index is 2.69. The Labute approximate surface area is 116 Å². The van der Waals surface area contributed by atoms with Crippen LogP contribution in [0.5, 0.6) is 0 Å². The molecule has 1 amide bonds. The lowest BCUT2D eigenvalue weighted by atomic mass is 9.89. The average molecular weight is 262 g/mol. The van der Waals surface area contributed by atoms with Crippen LogP contribution in [0.25, 0.3) is 0 Å². The zero-order valence-corrected chi connectivity index (χ0v) is 12.8. The topological polar surface area (TPSA) is 46.3 Å². The zero-order valence-electron chi connectivity index (χ0n) is 12.8. The van der Waals surface area contributed by atoms with Crippen LogP contribution in [0.2, 0.25) is 0 Å². The van der Waals surface area contributed by atoms with E-state index in [1.165, 1.54) is 16.7 Å². The van der Waals surface area contributed by atoms with E-state index < -0.39 is 0 Å². The van der Waals surface area contributed by atoms with E-state index >= 15 is 0 Å². The number of rotatable bonds is 5. The second kappa shape index (κ2) is 6.20. The van der Waals surface area contributed by atoms with Gasteiger partial charge in [0.05, 0.1) is 0 Å². The summed E-state index contributed by atoms with van der Waals surface area (Å²) in [5.41, 5.74) is 9.23. The van der Waals surface area contributed by atoms with E-state index in [9.17, 15) is 4.79 Å². The van der Waals surface area contributed by atoms with Gasteiger partial charge in [-0.3, -0.25) is 4.79 Å². The van der Waals surface area contributed by atoms with Gasteiger partial charge in [0.25, 0.3) is 0 Å². The largest absolute Gasteiger partial charge is 0.341 e. The van der Waals surface area contributed by atoms with E-state index in [2.05, 4.69) is 32.0 Å². The number of carbonyl (C=O) groups is 1. The maximum Gasteiger partial charge on any atom is 0.223 e. The number of amides is 1. The SMILES string of the molecule is Cc1ccc(CN(C)C(=O)CC(C)(C)CN)c(C)c1. The number of hydrogen-bond donors (Lipinski definition) is 1. The Kier molecular flexibility index (Phi) is 5.12. The molecule has 0 unspecified atom stereocenters. The van der Waals surface area contributed by atoms with E-state index in [0.717, 1.165) is 0 Å². The second-order valence-corrected chi connectivity index (χ2v) is 6.22. The molecule has 19 heavy (non-hydrogen) atoms. The Bertz CT molecular complexity index is 452. The third-order valence-corrected chi connectivity index (χ3v) is 3.51. The molecule has 0 aliphatic rings. The van der Waals surface area contributed by atoms with Gasteiger partial charge in [-0.05, 0) is 36.9 Å². The van der Waals surface area contributed by atoms with Crippen molar-refractivity contribution in [2.45, 2.75) is 40.7 Å². The molecular formula is C16H26N2O. The molecule has 3 nitrogen and oxygen atoms in total. The van der Waals surface area contributed by atoms with Gasteiger partial charge in [0, 0.05) is 20.0 Å². The summed E-state index contributed by atoms with van der Waals surface area (Å²) in [6.07, 6.45) is 0.491. The Morgan fingerprint density at radius 1 is 1.32 bits per heavy atom. The number of nitrogens with zero attached hydrogens (tertiary/aromatic N) is 1. The van der Waals surface area contributed by atoms with E-state index in [1.807, 2.05) is 20.9 Å². The number of nitrogens with two attached hydrogens (primary N) is 1. The molecule has 106 valence electrons. The van der Waals surface area contributed by atoms with Crippen LogP contribution in [0, 0.1) is 19.3 Å². The minimum atomic E-state index is -0.131. The normalized spacial score (nSPS) is 11.5. The maximum atomic E-state index is 12.2. The first-order valence-electron chi connectivity index (χ1n) is 6.75. The molecule has 3 heteroatoms. The van der Waals surface area contributed by atoms with Crippen molar-refractivity contribution in [3.63, 3.8) is 0 Å². The fourth-order valence-corrected chi connectivity index (χ4v) is 1.98. The van der Waals surface area contributed by atoms with Gasteiger partial charge in [-0.15, -0.1) is 0 Å².